The van der Waals surface area contributed by atoms with Gasteiger partial charge in [-0.2, -0.15) is 0 Å². The lowest BCUT2D eigenvalue weighted by Gasteiger charge is -2.33. The fourth-order valence-electron chi connectivity index (χ4n) is 3.50. The zero-order chi connectivity index (χ0) is 23.6. The summed E-state index contributed by atoms with van der Waals surface area (Å²) in [5.74, 6) is -1.33. The molecule has 10 nitrogen and oxygen atoms in total. The van der Waals surface area contributed by atoms with E-state index in [2.05, 4.69) is 20.3 Å². The van der Waals surface area contributed by atoms with Gasteiger partial charge < -0.3 is 20.4 Å². The number of amides is 2. The Hall–Kier alpha value is -3.12. The second-order valence-corrected chi connectivity index (χ2v) is 9.05. The molecule has 0 unspecified atom stereocenters. The van der Waals surface area contributed by atoms with Crippen LogP contribution in [0.3, 0.4) is 0 Å². The Kier molecular flexibility index (Phi) is 6.74. The van der Waals surface area contributed by atoms with Gasteiger partial charge in [-0.1, -0.05) is 0 Å². The van der Waals surface area contributed by atoms with Crippen LogP contribution in [0, 0.1) is 13.8 Å². The molecule has 0 saturated carbocycles. The summed E-state index contributed by atoms with van der Waals surface area (Å²) in [6.45, 7) is 5.09. The highest BCUT2D eigenvalue weighted by molar-refractivity contribution is 8.22. The Morgan fingerprint density at radius 2 is 1.94 bits per heavy atom. The molecule has 32 heavy (non-hydrogen) atoms. The summed E-state index contributed by atoms with van der Waals surface area (Å²) in [5, 5.41) is 5.27. The lowest BCUT2D eigenvalue weighted by molar-refractivity contribution is -0.141. The first-order valence-electron chi connectivity index (χ1n) is 9.86. The number of rotatable bonds is 7. The lowest BCUT2D eigenvalue weighted by atomic mass is 9.99. The average molecular weight is 463 g/mol. The third-order valence-corrected chi connectivity index (χ3v) is 6.81. The lowest BCUT2D eigenvalue weighted by Crippen LogP contribution is -2.30. The van der Waals surface area contributed by atoms with E-state index in [4.69, 9.17) is 4.74 Å². The van der Waals surface area contributed by atoms with Gasteiger partial charge in [0.25, 0.3) is 11.8 Å². The number of aromatic amines is 1. The fourth-order valence-corrected chi connectivity index (χ4v) is 4.51. The van der Waals surface area contributed by atoms with Crippen molar-refractivity contribution in [1.82, 2.24) is 15.0 Å². The second-order valence-electron chi connectivity index (χ2n) is 7.11. The van der Waals surface area contributed by atoms with E-state index in [9.17, 15) is 23.5 Å². The molecule has 3 rings (SSSR count). The molecule has 2 amide bonds. The van der Waals surface area contributed by atoms with E-state index in [1.165, 1.54) is 13.2 Å². The number of hydrogen-bond donors (Lipinski definition) is 6. The van der Waals surface area contributed by atoms with Crippen LogP contribution in [0.15, 0.2) is 23.2 Å². The molecule has 11 heteroatoms. The van der Waals surface area contributed by atoms with Crippen molar-refractivity contribution < 1.29 is 28.2 Å². The van der Waals surface area contributed by atoms with Crippen LogP contribution in [-0.2, 0) is 14.3 Å². The quantitative estimate of drug-likeness (QED) is 0.273. The molecule has 0 bridgehead atoms. The minimum absolute atomic E-state index is 0.226. The number of aromatic nitrogens is 1. The number of carbonyl (C=O) groups excluding carboxylic acids is 3. The Morgan fingerprint density at radius 3 is 2.59 bits per heavy atom. The third-order valence-electron chi connectivity index (χ3n) is 5.18. The zero-order valence-electron chi connectivity index (χ0n) is 18.2. The highest BCUT2D eigenvalue weighted by atomic mass is 32.3. The van der Waals surface area contributed by atoms with Gasteiger partial charge in [-0.3, -0.25) is 23.5 Å². The normalized spacial score (nSPS) is 14.8. The Balaban J connectivity index is 1.94. The van der Waals surface area contributed by atoms with E-state index in [0.717, 1.165) is 0 Å². The number of esters is 1. The molecule has 172 valence electrons. The van der Waals surface area contributed by atoms with Crippen molar-refractivity contribution in [1.29, 1.82) is 0 Å². The maximum absolute atomic E-state index is 12.7. The molecule has 0 saturated heterocycles. The van der Waals surface area contributed by atoms with E-state index in [1.807, 2.05) is 0 Å². The molecule has 2 heterocycles. The number of ether oxygens (including phenoxy) is 1. The van der Waals surface area contributed by atoms with E-state index < -0.39 is 22.7 Å². The summed E-state index contributed by atoms with van der Waals surface area (Å²) < 4.78 is 27.9. The first kappa shape index (κ1) is 23.5. The molecule has 0 atom stereocenters. The Labute approximate surface area is 186 Å². The molecular weight excluding hydrogens is 436 g/mol. The minimum Gasteiger partial charge on any atom is -0.465 e. The standard InChI is InChI=1S/C21H26N4O6S/c1-5-31-18(26)10-24-20(27)14-9-23-16(11(14)2)8-13-19-12(3)17(32(29,30)22-4)7-6-15(19)25-21(13)28/h6-9,22-23,29-30H,5,10H2,1-4H3,(H,24,27)(H,25,28). The minimum atomic E-state index is -3.21. The number of nitrogens with one attached hydrogen (secondary N) is 4. The van der Waals surface area contributed by atoms with E-state index in [0.29, 0.717) is 44.1 Å². The molecule has 1 aliphatic rings. The molecule has 2 aromatic rings. The van der Waals surface area contributed by atoms with Crippen LogP contribution >= 0.6 is 10.8 Å². The van der Waals surface area contributed by atoms with Crippen LogP contribution in [0.4, 0.5) is 5.69 Å². The first-order valence-corrected chi connectivity index (χ1v) is 11.4. The molecule has 0 spiro atoms. The van der Waals surface area contributed by atoms with Crippen molar-refractivity contribution in [3.05, 3.63) is 46.3 Å². The molecule has 0 fully saturated rings. The van der Waals surface area contributed by atoms with Gasteiger partial charge in [-0.05, 0) is 50.1 Å². The van der Waals surface area contributed by atoms with Crippen LogP contribution in [0.2, 0.25) is 0 Å². The fraction of sp³-hybridized carbons (Fsp3) is 0.286. The topological polar surface area (TPSA) is 153 Å². The molecular formula is C21H26N4O6S. The number of benzene rings is 1. The molecule has 1 aromatic heterocycles. The van der Waals surface area contributed by atoms with E-state index >= 15 is 0 Å². The number of carbonyl (C=O) groups is 3. The van der Waals surface area contributed by atoms with Gasteiger partial charge in [0.15, 0.2) is 0 Å². The zero-order valence-corrected chi connectivity index (χ0v) is 19.0. The van der Waals surface area contributed by atoms with E-state index in [1.54, 1.807) is 39.0 Å². The largest absolute Gasteiger partial charge is 0.465 e. The van der Waals surface area contributed by atoms with Crippen LogP contribution in [-0.4, -0.2) is 52.1 Å². The van der Waals surface area contributed by atoms with Crippen LogP contribution in [0.25, 0.3) is 11.6 Å². The molecule has 1 aromatic carbocycles. The Bertz CT molecular complexity index is 1120. The molecule has 0 aliphatic carbocycles. The molecule has 6 N–H and O–H groups in total. The van der Waals surface area contributed by atoms with Gasteiger partial charge >= 0.3 is 5.97 Å². The van der Waals surface area contributed by atoms with Gasteiger partial charge in [0, 0.05) is 30.2 Å². The summed E-state index contributed by atoms with van der Waals surface area (Å²) >= 11 is 0. The summed E-state index contributed by atoms with van der Waals surface area (Å²) in [6.07, 6.45) is 3.11. The maximum Gasteiger partial charge on any atom is 0.325 e. The highest BCUT2D eigenvalue weighted by Gasteiger charge is 2.30. The molecule has 1 aliphatic heterocycles. The van der Waals surface area contributed by atoms with Crippen molar-refractivity contribution in [2.24, 2.45) is 0 Å². The van der Waals surface area contributed by atoms with Crippen molar-refractivity contribution in [3.63, 3.8) is 0 Å². The number of anilines is 1. The maximum atomic E-state index is 12.7. The highest BCUT2D eigenvalue weighted by Crippen LogP contribution is 2.49. The number of hydrogen-bond acceptors (Lipinski definition) is 7. The smallest absolute Gasteiger partial charge is 0.325 e. The second kappa shape index (κ2) is 9.17. The van der Waals surface area contributed by atoms with Gasteiger partial charge in [0.2, 0.25) is 0 Å². The predicted octanol–water partition coefficient (Wildman–Crippen LogP) is 2.66. The monoisotopic (exact) mass is 462 g/mol. The van der Waals surface area contributed by atoms with Crippen molar-refractivity contribution in [3.8, 4) is 0 Å². The summed E-state index contributed by atoms with van der Waals surface area (Å²) in [4.78, 5) is 39.8. The SMILES string of the molecule is CCOC(=O)CNC(=O)c1c[nH]c(C=C2C(=O)Nc3ccc(S(O)(O)NC)c(C)c32)c1C. The predicted molar refractivity (Wildman–Crippen MR) is 122 cm³/mol. The van der Waals surface area contributed by atoms with Gasteiger partial charge in [0.05, 0.1) is 22.6 Å². The summed E-state index contributed by atoms with van der Waals surface area (Å²) in [5.41, 5.74) is 3.46. The van der Waals surface area contributed by atoms with Crippen LogP contribution < -0.4 is 15.4 Å². The average Bonchev–Trinajstić information content (AvgIpc) is 3.27. The summed E-state index contributed by atoms with van der Waals surface area (Å²) in [6, 6.07) is 3.19. The van der Waals surface area contributed by atoms with Gasteiger partial charge in [-0.25, -0.2) is 4.72 Å². The van der Waals surface area contributed by atoms with Crippen molar-refractivity contribution >= 4 is 45.9 Å². The number of H-pyrrole nitrogens is 1. The molecule has 0 radical (unpaired) electrons. The van der Waals surface area contributed by atoms with Crippen LogP contribution in [0.5, 0.6) is 0 Å². The van der Waals surface area contributed by atoms with E-state index in [-0.39, 0.29) is 19.1 Å². The third kappa shape index (κ3) is 4.41. The first-order chi connectivity index (χ1) is 15.1. The van der Waals surface area contributed by atoms with Gasteiger partial charge in [-0.15, -0.1) is 10.8 Å². The summed E-state index contributed by atoms with van der Waals surface area (Å²) in [7, 11) is -1.77. The van der Waals surface area contributed by atoms with Crippen molar-refractivity contribution in [2.75, 3.05) is 25.5 Å². The van der Waals surface area contributed by atoms with Gasteiger partial charge in [0.1, 0.15) is 6.54 Å². The van der Waals surface area contributed by atoms with Crippen LogP contribution in [0.1, 0.15) is 39.7 Å². The number of fused-ring (bicyclic) bond motifs is 1. The Morgan fingerprint density at radius 1 is 1.22 bits per heavy atom. The van der Waals surface area contributed by atoms with Crippen molar-refractivity contribution in [2.45, 2.75) is 25.7 Å².